The fourth-order valence-corrected chi connectivity index (χ4v) is 5.03. The monoisotopic (exact) mass is 458 g/mol. The molecule has 4 aromatic rings. The van der Waals surface area contributed by atoms with Gasteiger partial charge in [-0.2, -0.15) is 0 Å². The first kappa shape index (κ1) is 21.3. The number of methoxy groups -OCH3 is 1. The summed E-state index contributed by atoms with van der Waals surface area (Å²) in [4.78, 5) is 6.82. The number of para-hydroxylation sites is 2. The van der Waals surface area contributed by atoms with Crippen molar-refractivity contribution in [3.05, 3.63) is 102 Å². The summed E-state index contributed by atoms with van der Waals surface area (Å²) in [6.45, 7) is 4.96. The average molecular weight is 459 g/mol. The molecule has 2 atom stereocenters. The van der Waals surface area contributed by atoms with Crippen LogP contribution in [-0.4, -0.2) is 21.8 Å². The van der Waals surface area contributed by atoms with Gasteiger partial charge in [-0.15, -0.1) is 0 Å². The number of benzene rings is 1. The van der Waals surface area contributed by atoms with E-state index in [1.165, 1.54) is 11.3 Å². The summed E-state index contributed by atoms with van der Waals surface area (Å²) in [6.07, 6.45) is 3.54. The lowest BCUT2D eigenvalue weighted by Crippen LogP contribution is -2.30. The molecule has 1 saturated heterocycles. The first-order valence-electron chi connectivity index (χ1n) is 10.9. The molecule has 0 bridgehead atoms. The second-order valence-electron chi connectivity index (χ2n) is 8.16. The van der Waals surface area contributed by atoms with Crippen molar-refractivity contribution in [2.24, 2.45) is 0 Å². The zero-order valence-electron chi connectivity index (χ0n) is 18.9. The Labute approximate surface area is 198 Å². The highest BCUT2D eigenvalue weighted by Crippen LogP contribution is 2.45. The van der Waals surface area contributed by atoms with Crippen LogP contribution in [0, 0.1) is 13.8 Å². The molecule has 6 nitrogen and oxygen atoms in total. The second kappa shape index (κ2) is 8.75. The summed E-state index contributed by atoms with van der Waals surface area (Å²) in [7, 11) is 1.69. The van der Waals surface area contributed by atoms with Gasteiger partial charge in [0.25, 0.3) is 0 Å². The fraction of sp³-hybridized carbons (Fsp3) is 0.231. The van der Waals surface area contributed by atoms with E-state index in [4.69, 9.17) is 21.4 Å². The quantitative estimate of drug-likeness (QED) is 0.394. The van der Waals surface area contributed by atoms with Gasteiger partial charge in [-0.25, -0.2) is 0 Å². The van der Waals surface area contributed by atoms with Gasteiger partial charge < -0.3 is 23.9 Å². The predicted octanol–water partition coefficient (Wildman–Crippen LogP) is 5.33. The van der Waals surface area contributed by atoms with Crippen LogP contribution in [0.1, 0.15) is 40.5 Å². The highest BCUT2D eigenvalue weighted by molar-refractivity contribution is 7.80. The number of hydrogen-bond donors (Lipinski definition) is 1. The van der Waals surface area contributed by atoms with Gasteiger partial charge in [0.1, 0.15) is 11.5 Å². The third-order valence-corrected chi connectivity index (χ3v) is 6.58. The van der Waals surface area contributed by atoms with Gasteiger partial charge in [-0.3, -0.25) is 4.98 Å². The molecule has 1 aliphatic heterocycles. The molecule has 3 aromatic heterocycles. The zero-order valence-corrected chi connectivity index (χ0v) is 19.7. The van der Waals surface area contributed by atoms with Gasteiger partial charge in [0.15, 0.2) is 5.11 Å². The van der Waals surface area contributed by atoms with Crippen molar-refractivity contribution in [2.45, 2.75) is 32.5 Å². The Hall–Kier alpha value is -3.58. The van der Waals surface area contributed by atoms with Crippen molar-refractivity contribution < 1.29 is 9.15 Å². The van der Waals surface area contributed by atoms with E-state index in [0.29, 0.717) is 11.7 Å². The van der Waals surface area contributed by atoms with Gasteiger partial charge in [0, 0.05) is 17.6 Å². The maximum absolute atomic E-state index is 5.87. The molecule has 1 fully saturated rings. The van der Waals surface area contributed by atoms with Crippen LogP contribution in [0.15, 0.2) is 77.5 Å². The number of aryl methyl sites for hydroxylation is 1. The van der Waals surface area contributed by atoms with E-state index in [1.54, 1.807) is 13.4 Å². The molecule has 0 unspecified atom stereocenters. The van der Waals surface area contributed by atoms with Crippen LogP contribution in [0.5, 0.6) is 5.75 Å². The summed E-state index contributed by atoms with van der Waals surface area (Å²) in [5.41, 5.74) is 5.39. The molecule has 0 amide bonds. The third-order valence-electron chi connectivity index (χ3n) is 6.27. The Balaban J connectivity index is 1.65. The molecule has 168 valence electrons. The molecule has 1 aliphatic rings. The van der Waals surface area contributed by atoms with Gasteiger partial charge in [0.2, 0.25) is 0 Å². The van der Waals surface area contributed by atoms with Gasteiger partial charge in [-0.1, -0.05) is 18.2 Å². The Morgan fingerprint density at radius 3 is 2.64 bits per heavy atom. The number of rotatable bonds is 6. The summed E-state index contributed by atoms with van der Waals surface area (Å²) < 4.78 is 13.6. The van der Waals surface area contributed by atoms with Crippen molar-refractivity contribution in [2.75, 3.05) is 12.0 Å². The lowest BCUT2D eigenvalue weighted by Gasteiger charge is -2.29. The minimum atomic E-state index is -0.110. The molecular formula is C26H26N4O2S. The van der Waals surface area contributed by atoms with Crippen LogP contribution in [0.4, 0.5) is 5.69 Å². The molecule has 1 aromatic carbocycles. The van der Waals surface area contributed by atoms with E-state index in [0.717, 1.165) is 28.6 Å². The minimum Gasteiger partial charge on any atom is -0.495 e. The Morgan fingerprint density at radius 2 is 1.91 bits per heavy atom. The number of nitrogens with zero attached hydrogens (tertiary/aromatic N) is 3. The summed E-state index contributed by atoms with van der Waals surface area (Å²) >= 11 is 5.87. The lowest BCUT2D eigenvalue weighted by atomic mass is 9.96. The van der Waals surface area contributed by atoms with E-state index in [9.17, 15) is 0 Å². The van der Waals surface area contributed by atoms with Crippen LogP contribution in [0.3, 0.4) is 0 Å². The van der Waals surface area contributed by atoms with Crippen molar-refractivity contribution >= 4 is 23.0 Å². The van der Waals surface area contributed by atoms with Crippen molar-refractivity contribution in [1.82, 2.24) is 14.9 Å². The molecule has 7 heteroatoms. The third kappa shape index (κ3) is 3.78. The standard InChI is InChI=1S/C26H26N4O2S/c1-17-15-20(18(2)29(17)16-19-9-8-14-32-19)25-24(21-10-6-7-13-27-21)28-26(33)30(25)22-11-4-5-12-23(22)31-3/h4-15,24-25H,16H2,1-3H3,(H,28,33)/t24-,25-/m0/s1. The highest BCUT2D eigenvalue weighted by Gasteiger charge is 2.43. The average Bonchev–Trinajstić information content (AvgIpc) is 3.54. The molecule has 1 N–H and O–H groups in total. The van der Waals surface area contributed by atoms with Crippen molar-refractivity contribution in [3.63, 3.8) is 0 Å². The van der Waals surface area contributed by atoms with E-state index < -0.39 is 0 Å². The minimum absolute atomic E-state index is 0.0970. The molecule has 4 heterocycles. The maximum atomic E-state index is 5.87. The number of furan rings is 1. The number of anilines is 1. The predicted molar refractivity (Wildman–Crippen MR) is 133 cm³/mol. The molecule has 0 saturated carbocycles. The van der Waals surface area contributed by atoms with Crippen LogP contribution in [-0.2, 0) is 6.54 Å². The number of hydrogen-bond acceptors (Lipinski definition) is 4. The van der Waals surface area contributed by atoms with Crippen LogP contribution in [0.25, 0.3) is 0 Å². The molecule has 0 aliphatic carbocycles. The normalized spacial score (nSPS) is 17.9. The molecule has 0 spiro atoms. The topological polar surface area (TPSA) is 55.5 Å². The van der Waals surface area contributed by atoms with Crippen LogP contribution in [0.2, 0.25) is 0 Å². The molecule has 33 heavy (non-hydrogen) atoms. The lowest BCUT2D eigenvalue weighted by molar-refractivity contribution is 0.414. The number of aromatic nitrogens is 2. The Bertz CT molecular complexity index is 1270. The maximum Gasteiger partial charge on any atom is 0.174 e. The first-order chi connectivity index (χ1) is 16.1. The van der Waals surface area contributed by atoms with Crippen molar-refractivity contribution in [1.29, 1.82) is 0 Å². The second-order valence-corrected chi connectivity index (χ2v) is 8.55. The highest BCUT2D eigenvalue weighted by atomic mass is 32.1. The van der Waals surface area contributed by atoms with E-state index >= 15 is 0 Å². The van der Waals surface area contributed by atoms with Crippen LogP contribution < -0.4 is 15.0 Å². The molecule has 0 radical (unpaired) electrons. The van der Waals surface area contributed by atoms with E-state index in [-0.39, 0.29) is 12.1 Å². The summed E-state index contributed by atoms with van der Waals surface area (Å²) in [5, 5.41) is 4.18. The number of pyridine rings is 1. The van der Waals surface area contributed by atoms with E-state index in [1.807, 2.05) is 60.8 Å². The number of nitrogens with one attached hydrogen (secondary N) is 1. The summed E-state index contributed by atoms with van der Waals surface area (Å²) in [5.74, 6) is 1.70. The Kier molecular flexibility index (Phi) is 5.64. The molecule has 5 rings (SSSR count). The van der Waals surface area contributed by atoms with Gasteiger partial charge in [0.05, 0.1) is 43.4 Å². The van der Waals surface area contributed by atoms with Crippen molar-refractivity contribution in [3.8, 4) is 5.75 Å². The van der Waals surface area contributed by atoms with Gasteiger partial charge >= 0.3 is 0 Å². The number of thiocarbonyl (C=S) groups is 1. The van der Waals surface area contributed by atoms with E-state index in [2.05, 4.69) is 39.7 Å². The van der Waals surface area contributed by atoms with Crippen LogP contribution >= 0.6 is 12.2 Å². The fourth-order valence-electron chi connectivity index (χ4n) is 4.69. The SMILES string of the molecule is COc1ccccc1N1C(=S)N[C@@H](c2ccccn2)[C@@H]1c1cc(C)n(Cc2ccco2)c1C. The smallest absolute Gasteiger partial charge is 0.174 e. The first-order valence-corrected chi connectivity index (χ1v) is 11.3. The largest absolute Gasteiger partial charge is 0.495 e. The molecular weight excluding hydrogens is 432 g/mol. The van der Waals surface area contributed by atoms with Gasteiger partial charge in [-0.05, 0) is 74.1 Å². The summed E-state index contributed by atoms with van der Waals surface area (Å²) in [6, 6.07) is 19.9. The Morgan fingerprint density at radius 1 is 1.09 bits per heavy atom. The number of ether oxygens (including phenoxy) is 1. The zero-order chi connectivity index (χ0) is 22.9.